The summed E-state index contributed by atoms with van der Waals surface area (Å²) in [7, 11) is 0. The van der Waals surface area contributed by atoms with E-state index in [0.717, 1.165) is 0 Å². The Morgan fingerprint density at radius 2 is 2.33 bits per heavy atom. The highest BCUT2D eigenvalue weighted by Crippen LogP contribution is 2.01. The molecule has 1 rings (SSSR count). The maximum Gasteiger partial charge on any atom is 0.313 e. The molecule has 0 spiro atoms. The molecular formula is C11H12O4. The van der Waals surface area contributed by atoms with E-state index in [9.17, 15) is 9.59 Å². The summed E-state index contributed by atoms with van der Waals surface area (Å²) in [5, 5.41) is 0. The van der Waals surface area contributed by atoms with Gasteiger partial charge in [0.2, 0.25) is 0 Å². The zero-order valence-corrected chi connectivity index (χ0v) is 8.43. The summed E-state index contributed by atoms with van der Waals surface area (Å²) in [6.45, 7) is 1.49. The molecule has 4 nitrogen and oxygen atoms in total. The molecule has 80 valence electrons. The SMILES string of the molecule is CC(=O)CC(=O)OCC=Cc1ccco1. The molecule has 0 saturated carbocycles. The second-order valence-electron chi connectivity index (χ2n) is 2.98. The van der Waals surface area contributed by atoms with Crippen molar-refractivity contribution in [2.24, 2.45) is 0 Å². The van der Waals surface area contributed by atoms with Crippen LogP contribution in [0.3, 0.4) is 0 Å². The average Bonchev–Trinajstić information content (AvgIpc) is 2.63. The van der Waals surface area contributed by atoms with Crippen LogP contribution in [0.5, 0.6) is 0 Å². The lowest BCUT2D eigenvalue weighted by Crippen LogP contribution is -2.08. The van der Waals surface area contributed by atoms with Crippen molar-refractivity contribution >= 4 is 17.8 Å². The van der Waals surface area contributed by atoms with Crippen LogP contribution in [-0.4, -0.2) is 18.4 Å². The first-order chi connectivity index (χ1) is 7.18. The Hall–Kier alpha value is -1.84. The van der Waals surface area contributed by atoms with Crippen molar-refractivity contribution < 1.29 is 18.7 Å². The first-order valence-corrected chi connectivity index (χ1v) is 4.53. The van der Waals surface area contributed by atoms with Crippen molar-refractivity contribution in [1.29, 1.82) is 0 Å². The maximum atomic E-state index is 10.9. The van der Waals surface area contributed by atoms with Crippen LogP contribution in [0.4, 0.5) is 0 Å². The zero-order valence-electron chi connectivity index (χ0n) is 8.43. The first-order valence-electron chi connectivity index (χ1n) is 4.53. The van der Waals surface area contributed by atoms with Crippen molar-refractivity contribution in [3.63, 3.8) is 0 Å². The van der Waals surface area contributed by atoms with Crippen LogP contribution in [0.15, 0.2) is 28.9 Å². The molecule has 0 aliphatic carbocycles. The number of carbonyl (C=O) groups excluding carboxylic acids is 2. The molecule has 0 aliphatic heterocycles. The van der Waals surface area contributed by atoms with E-state index in [1.165, 1.54) is 6.92 Å². The lowest BCUT2D eigenvalue weighted by Gasteiger charge is -1.97. The standard InChI is InChI=1S/C11H12O4/c1-9(12)8-11(13)15-7-3-5-10-4-2-6-14-10/h2-6H,7-8H2,1H3. The molecule has 0 unspecified atom stereocenters. The van der Waals surface area contributed by atoms with Gasteiger partial charge in [-0.25, -0.2) is 0 Å². The van der Waals surface area contributed by atoms with Crippen molar-refractivity contribution in [3.05, 3.63) is 30.2 Å². The molecule has 15 heavy (non-hydrogen) atoms. The van der Waals surface area contributed by atoms with Gasteiger partial charge in [0.1, 0.15) is 24.6 Å². The van der Waals surface area contributed by atoms with Crippen molar-refractivity contribution in [2.75, 3.05) is 6.61 Å². The van der Waals surface area contributed by atoms with E-state index in [4.69, 9.17) is 9.15 Å². The fourth-order valence-electron chi connectivity index (χ4n) is 0.946. The van der Waals surface area contributed by atoms with Crippen molar-refractivity contribution in [1.82, 2.24) is 0 Å². The quantitative estimate of drug-likeness (QED) is 0.547. The van der Waals surface area contributed by atoms with E-state index >= 15 is 0 Å². The van der Waals surface area contributed by atoms with Gasteiger partial charge >= 0.3 is 5.97 Å². The molecule has 0 aromatic carbocycles. The number of hydrogen-bond acceptors (Lipinski definition) is 4. The Kier molecular flexibility index (Phi) is 4.34. The number of ketones is 1. The molecule has 4 heteroatoms. The van der Waals surface area contributed by atoms with Crippen LogP contribution in [0.1, 0.15) is 19.1 Å². The Labute approximate surface area is 87.5 Å². The van der Waals surface area contributed by atoms with Crippen LogP contribution >= 0.6 is 0 Å². The lowest BCUT2D eigenvalue weighted by molar-refractivity contribution is -0.144. The van der Waals surface area contributed by atoms with Crippen LogP contribution in [0, 0.1) is 0 Å². The molecule has 1 aromatic heterocycles. The third kappa shape index (κ3) is 4.81. The van der Waals surface area contributed by atoms with E-state index in [0.29, 0.717) is 5.76 Å². The number of esters is 1. The maximum absolute atomic E-state index is 10.9. The summed E-state index contributed by atoms with van der Waals surface area (Å²) < 4.78 is 9.79. The number of hydrogen-bond donors (Lipinski definition) is 0. The van der Waals surface area contributed by atoms with Gasteiger partial charge in [0.15, 0.2) is 0 Å². The van der Waals surface area contributed by atoms with Gasteiger partial charge < -0.3 is 9.15 Å². The van der Waals surface area contributed by atoms with Gasteiger partial charge in [0.05, 0.1) is 6.26 Å². The van der Waals surface area contributed by atoms with Crippen LogP contribution in [-0.2, 0) is 14.3 Å². The molecular weight excluding hydrogens is 196 g/mol. The summed E-state index contributed by atoms with van der Waals surface area (Å²) >= 11 is 0. The van der Waals surface area contributed by atoms with Crippen LogP contribution in [0.2, 0.25) is 0 Å². The highest BCUT2D eigenvalue weighted by molar-refractivity contribution is 5.94. The van der Waals surface area contributed by atoms with E-state index in [1.807, 2.05) is 0 Å². The topological polar surface area (TPSA) is 56.5 Å². The van der Waals surface area contributed by atoms with E-state index in [1.54, 1.807) is 30.5 Å². The fraction of sp³-hybridized carbons (Fsp3) is 0.273. The summed E-state index contributed by atoms with van der Waals surface area (Å²) in [4.78, 5) is 21.5. The van der Waals surface area contributed by atoms with Gasteiger partial charge in [-0.2, -0.15) is 0 Å². The van der Waals surface area contributed by atoms with Gasteiger partial charge in [-0.15, -0.1) is 0 Å². The molecule has 1 aromatic rings. The predicted molar refractivity (Wildman–Crippen MR) is 54.0 cm³/mol. The number of carbonyl (C=O) groups is 2. The first kappa shape index (κ1) is 11.2. The zero-order chi connectivity index (χ0) is 11.1. The summed E-state index contributed by atoms with van der Waals surface area (Å²) in [5.74, 6) is -0.0146. The Balaban J connectivity index is 2.21. The molecule has 0 amide bonds. The molecule has 0 radical (unpaired) electrons. The van der Waals surface area contributed by atoms with Crippen molar-refractivity contribution in [3.8, 4) is 0 Å². The number of furan rings is 1. The molecule has 0 atom stereocenters. The third-order valence-corrected chi connectivity index (χ3v) is 1.56. The average molecular weight is 208 g/mol. The van der Waals surface area contributed by atoms with E-state index in [2.05, 4.69) is 0 Å². The van der Waals surface area contributed by atoms with Gasteiger partial charge in [0, 0.05) is 0 Å². The number of Topliss-reactive ketones (excluding diaryl/α,β-unsaturated/α-hetero) is 1. The van der Waals surface area contributed by atoms with E-state index < -0.39 is 5.97 Å². The van der Waals surface area contributed by atoms with Gasteiger partial charge in [-0.3, -0.25) is 9.59 Å². The van der Waals surface area contributed by atoms with Crippen LogP contribution < -0.4 is 0 Å². The highest BCUT2D eigenvalue weighted by Gasteiger charge is 2.04. The summed E-state index contributed by atoms with van der Waals surface area (Å²) in [6, 6.07) is 3.55. The largest absolute Gasteiger partial charge is 0.465 e. The molecule has 0 N–H and O–H groups in total. The van der Waals surface area contributed by atoms with Gasteiger partial charge in [-0.1, -0.05) is 0 Å². The molecule has 1 heterocycles. The Morgan fingerprint density at radius 1 is 1.53 bits per heavy atom. The molecule has 0 saturated heterocycles. The minimum Gasteiger partial charge on any atom is -0.465 e. The predicted octanol–water partition coefficient (Wildman–Crippen LogP) is 1.82. The summed E-state index contributed by atoms with van der Waals surface area (Å²) in [6.07, 6.45) is 4.73. The van der Waals surface area contributed by atoms with Crippen LogP contribution in [0.25, 0.3) is 6.08 Å². The third-order valence-electron chi connectivity index (χ3n) is 1.56. The minimum atomic E-state index is -0.508. The second-order valence-corrected chi connectivity index (χ2v) is 2.98. The number of rotatable bonds is 5. The fourth-order valence-corrected chi connectivity index (χ4v) is 0.946. The van der Waals surface area contributed by atoms with E-state index in [-0.39, 0.29) is 18.8 Å². The second kappa shape index (κ2) is 5.80. The summed E-state index contributed by atoms with van der Waals surface area (Å²) in [5.41, 5.74) is 0. The molecule has 0 bridgehead atoms. The van der Waals surface area contributed by atoms with Gasteiger partial charge in [0.25, 0.3) is 0 Å². The monoisotopic (exact) mass is 208 g/mol. The Bertz CT molecular complexity index is 349. The highest BCUT2D eigenvalue weighted by atomic mass is 16.5. The smallest absolute Gasteiger partial charge is 0.313 e. The number of ether oxygens (including phenoxy) is 1. The Morgan fingerprint density at radius 3 is 2.93 bits per heavy atom. The molecule has 0 fully saturated rings. The lowest BCUT2D eigenvalue weighted by atomic mass is 10.3. The molecule has 0 aliphatic rings. The van der Waals surface area contributed by atoms with Crippen molar-refractivity contribution in [2.45, 2.75) is 13.3 Å². The normalized spacial score (nSPS) is 10.5. The van der Waals surface area contributed by atoms with Gasteiger partial charge in [-0.05, 0) is 31.2 Å². The minimum absolute atomic E-state index is 0.146.